The largest absolute Gasteiger partial charge is 0.325 e. The molecule has 0 saturated carbocycles. The smallest absolute Gasteiger partial charge is 0.238 e. The lowest BCUT2D eigenvalue weighted by atomic mass is 10.1. The summed E-state index contributed by atoms with van der Waals surface area (Å²) in [6.45, 7) is 5.57. The van der Waals surface area contributed by atoms with Crippen LogP contribution in [0.4, 0.5) is 5.69 Å². The van der Waals surface area contributed by atoms with E-state index in [-0.39, 0.29) is 5.91 Å². The Bertz CT molecular complexity index is 417. The average Bonchev–Trinajstić information content (AvgIpc) is 2.30. The molecule has 0 aromatic heterocycles. The molecule has 1 aromatic rings. The summed E-state index contributed by atoms with van der Waals surface area (Å²) in [5, 5.41) is 6.19. The van der Waals surface area contributed by atoms with Gasteiger partial charge in [0.1, 0.15) is 0 Å². The number of amides is 1. The van der Waals surface area contributed by atoms with Gasteiger partial charge in [0.25, 0.3) is 0 Å². The van der Waals surface area contributed by atoms with Crippen LogP contribution in [0.25, 0.3) is 0 Å². The molecule has 1 aliphatic rings. The summed E-state index contributed by atoms with van der Waals surface area (Å²) in [7, 11) is 0. The highest BCUT2D eigenvalue weighted by Gasteiger charge is 2.25. The monoisotopic (exact) mass is 325 g/mol. The Morgan fingerprint density at radius 1 is 1.42 bits per heavy atom. The van der Waals surface area contributed by atoms with Crippen molar-refractivity contribution in [3.8, 4) is 0 Å². The number of nitrogens with zero attached hydrogens (tertiary/aromatic N) is 1. The molecule has 1 fully saturated rings. The van der Waals surface area contributed by atoms with Gasteiger partial charge in [-0.3, -0.25) is 9.69 Å². The molecule has 19 heavy (non-hydrogen) atoms. The minimum atomic E-state index is 0.0580. The first-order valence-corrected chi connectivity index (χ1v) is 7.48. The van der Waals surface area contributed by atoms with E-state index in [1.165, 1.54) is 0 Å². The highest BCUT2D eigenvalue weighted by Crippen LogP contribution is 2.14. The van der Waals surface area contributed by atoms with Crippen LogP contribution in [0.1, 0.15) is 13.3 Å². The topological polar surface area (TPSA) is 44.4 Å². The number of hydrogen-bond acceptors (Lipinski definition) is 3. The van der Waals surface area contributed by atoms with Gasteiger partial charge >= 0.3 is 0 Å². The van der Waals surface area contributed by atoms with Crippen molar-refractivity contribution in [2.75, 3.05) is 31.5 Å². The Labute approximate surface area is 122 Å². The second-order valence-electron chi connectivity index (χ2n) is 4.84. The minimum Gasteiger partial charge on any atom is -0.325 e. The van der Waals surface area contributed by atoms with E-state index in [1.54, 1.807) is 0 Å². The van der Waals surface area contributed by atoms with Gasteiger partial charge in [-0.1, -0.05) is 22.9 Å². The molecule has 0 unspecified atom stereocenters. The van der Waals surface area contributed by atoms with Crippen molar-refractivity contribution in [3.05, 3.63) is 28.7 Å². The first kappa shape index (κ1) is 14.5. The fraction of sp³-hybridized carbons (Fsp3) is 0.500. The van der Waals surface area contributed by atoms with Gasteiger partial charge in [0.15, 0.2) is 0 Å². The summed E-state index contributed by atoms with van der Waals surface area (Å²) in [6, 6.07) is 8.16. The lowest BCUT2D eigenvalue weighted by molar-refractivity contribution is -0.118. The number of benzene rings is 1. The predicted molar refractivity (Wildman–Crippen MR) is 81.3 cm³/mol. The van der Waals surface area contributed by atoms with Gasteiger partial charge < -0.3 is 10.6 Å². The molecule has 0 bridgehead atoms. The summed E-state index contributed by atoms with van der Waals surface area (Å²) in [4.78, 5) is 14.3. The van der Waals surface area contributed by atoms with Crippen LogP contribution in [0, 0.1) is 0 Å². The second-order valence-corrected chi connectivity index (χ2v) is 5.75. The molecule has 5 heteroatoms. The van der Waals surface area contributed by atoms with Crippen molar-refractivity contribution >= 4 is 27.5 Å². The molecule has 1 saturated heterocycles. The van der Waals surface area contributed by atoms with Crippen LogP contribution in [0.5, 0.6) is 0 Å². The van der Waals surface area contributed by atoms with Crippen LogP contribution in [0.3, 0.4) is 0 Å². The zero-order valence-corrected chi connectivity index (χ0v) is 12.7. The van der Waals surface area contributed by atoms with Crippen LogP contribution in [-0.2, 0) is 4.79 Å². The number of carbonyl (C=O) groups excluding carboxylic acids is 1. The van der Waals surface area contributed by atoms with Crippen molar-refractivity contribution in [2.24, 2.45) is 0 Å². The van der Waals surface area contributed by atoms with Gasteiger partial charge in [-0.2, -0.15) is 0 Å². The van der Waals surface area contributed by atoms with Crippen molar-refractivity contribution in [3.63, 3.8) is 0 Å². The molecule has 0 atom stereocenters. The SMILES string of the molecule is CCCN(CC(=O)Nc1ccc(Br)cc1)C1CNC1. The van der Waals surface area contributed by atoms with E-state index in [1.807, 2.05) is 24.3 Å². The van der Waals surface area contributed by atoms with Gasteiger partial charge in [-0.15, -0.1) is 0 Å². The molecule has 1 amide bonds. The Balaban J connectivity index is 1.86. The molecule has 1 aliphatic heterocycles. The van der Waals surface area contributed by atoms with Crippen molar-refractivity contribution in [1.29, 1.82) is 0 Å². The molecule has 4 nitrogen and oxygen atoms in total. The Morgan fingerprint density at radius 2 is 2.11 bits per heavy atom. The second kappa shape index (κ2) is 7.03. The molecular formula is C14H20BrN3O. The normalized spacial score (nSPS) is 15.3. The van der Waals surface area contributed by atoms with Crippen LogP contribution < -0.4 is 10.6 Å². The zero-order chi connectivity index (χ0) is 13.7. The van der Waals surface area contributed by atoms with Crippen LogP contribution >= 0.6 is 15.9 Å². The van der Waals surface area contributed by atoms with Gasteiger partial charge in [-0.05, 0) is 37.2 Å². The van der Waals surface area contributed by atoms with E-state index in [0.717, 1.165) is 36.2 Å². The van der Waals surface area contributed by atoms with Crippen LogP contribution in [0.15, 0.2) is 28.7 Å². The molecule has 0 spiro atoms. The number of halogens is 1. The summed E-state index contributed by atoms with van der Waals surface area (Å²) >= 11 is 3.38. The summed E-state index contributed by atoms with van der Waals surface area (Å²) in [5.41, 5.74) is 0.844. The zero-order valence-electron chi connectivity index (χ0n) is 11.2. The fourth-order valence-electron chi connectivity index (χ4n) is 2.13. The number of anilines is 1. The maximum Gasteiger partial charge on any atom is 0.238 e. The van der Waals surface area contributed by atoms with Crippen molar-refractivity contribution in [2.45, 2.75) is 19.4 Å². The third kappa shape index (κ3) is 4.30. The third-order valence-corrected chi connectivity index (χ3v) is 3.79. The Hall–Kier alpha value is -0.910. The highest BCUT2D eigenvalue weighted by atomic mass is 79.9. The molecule has 2 rings (SSSR count). The molecule has 104 valence electrons. The van der Waals surface area contributed by atoms with Gasteiger partial charge in [-0.25, -0.2) is 0 Å². The number of rotatable bonds is 6. The van der Waals surface area contributed by atoms with Crippen LogP contribution in [0.2, 0.25) is 0 Å². The third-order valence-electron chi connectivity index (χ3n) is 3.26. The lowest BCUT2D eigenvalue weighted by Crippen LogP contribution is -2.58. The van der Waals surface area contributed by atoms with Crippen molar-refractivity contribution < 1.29 is 4.79 Å². The summed E-state index contributed by atoms with van der Waals surface area (Å²) in [5.74, 6) is 0.0580. The molecule has 1 aromatic carbocycles. The van der Waals surface area contributed by atoms with Crippen LogP contribution in [-0.4, -0.2) is 43.0 Å². The molecule has 0 radical (unpaired) electrons. The maximum absolute atomic E-state index is 12.0. The van der Waals surface area contributed by atoms with Crippen molar-refractivity contribution in [1.82, 2.24) is 10.2 Å². The molecular weight excluding hydrogens is 306 g/mol. The predicted octanol–water partition coefficient (Wildman–Crippen LogP) is 2.07. The lowest BCUT2D eigenvalue weighted by Gasteiger charge is -2.37. The first-order valence-electron chi connectivity index (χ1n) is 6.69. The van der Waals surface area contributed by atoms with E-state index < -0.39 is 0 Å². The quantitative estimate of drug-likeness (QED) is 0.841. The molecule has 0 aliphatic carbocycles. The summed E-state index contributed by atoms with van der Waals surface area (Å²) < 4.78 is 1.01. The maximum atomic E-state index is 12.0. The minimum absolute atomic E-state index is 0.0580. The Kier molecular flexibility index (Phi) is 5.36. The van der Waals surface area contributed by atoms with E-state index in [9.17, 15) is 4.79 Å². The van der Waals surface area contributed by atoms with Gasteiger partial charge in [0.2, 0.25) is 5.91 Å². The van der Waals surface area contributed by atoms with Gasteiger partial charge in [0, 0.05) is 29.3 Å². The number of nitrogens with one attached hydrogen (secondary N) is 2. The fourth-order valence-corrected chi connectivity index (χ4v) is 2.39. The molecule has 1 heterocycles. The highest BCUT2D eigenvalue weighted by molar-refractivity contribution is 9.10. The van der Waals surface area contributed by atoms with E-state index in [0.29, 0.717) is 12.6 Å². The first-order chi connectivity index (χ1) is 9.19. The van der Waals surface area contributed by atoms with Gasteiger partial charge in [0.05, 0.1) is 6.54 Å². The average molecular weight is 326 g/mol. The summed E-state index contributed by atoms with van der Waals surface area (Å²) in [6.07, 6.45) is 1.07. The van der Waals surface area contributed by atoms with E-state index in [2.05, 4.69) is 38.4 Å². The van der Waals surface area contributed by atoms with E-state index in [4.69, 9.17) is 0 Å². The van der Waals surface area contributed by atoms with E-state index >= 15 is 0 Å². The standard InChI is InChI=1S/C14H20BrN3O/c1-2-7-18(13-8-16-9-13)10-14(19)17-12-5-3-11(15)4-6-12/h3-6,13,16H,2,7-10H2,1H3,(H,17,19). The number of hydrogen-bond donors (Lipinski definition) is 2. The number of carbonyl (C=O) groups is 1. The molecule has 2 N–H and O–H groups in total. The Morgan fingerprint density at radius 3 is 2.63 bits per heavy atom.